The second kappa shape index (κ2) is 7.82. The summed E-state index contributed by atoms with van der Waals surface area (Å²) in [5.74, 6) is -0.435. The van der Waals surface area contributed by atoms with Gasteiger partial charge < -0.3 is 5.32 Å². The highest BCUT2D eigenvalue weighted by atomic mass is 35.5. The maximum Gasteiger partial charge on any atom is 0.262 e. The minimum Gasteiger partial charge on any atom is -0.345 e. The van der Waals surface area contributed by atoms with Gasteiger partial charge in [0.25, 0.3) is 5.91 Å². The predicted octanol–water partition coefficient (Wildman–Crippen LogP) is 4.78. The topological polar surface area (TPSA) is 52.9 Å². The van der Waals surface area contributed by atoms with Crippen molar-refractivity contribution in [3.8, 4) is 6.07 Å². The number of benzene rings is 2. The first-order chi connectivity index (χ1) is 11.0. The Morgan fingerprint density at radius 3 is 2.48 bits per heavy atom. The molecular weight excluding hydrogens is 331 g/mol. The molecule has 0 saturated carbocycles. The molecule has 0 aromatic heterocycles. The van der Waals surface area contributed by atoms with E-state index in [2.05, 4.69) is 5.32 Å². The number of amides is 1. The van der Waals surface area contributed by atoms with E-state index in [0.717, 1.165) is 5.56 Å². The molecule has 2 rings (SSSR count). The SMILES string of the molecule is C[C@H](NC(=O)/C(C#N)=C\c1ccc(Cl)c(Cl)c1)c1ccccc1. The molecule has 5 heteroatoms. The van der Waals surface area contributed by atoms with Crippen LogP contribution in [0.3, 0.4) is 0 Å². The lowest BCUT2D eigenvalue weighted by atomic mass is 10.1. The van der Waals surface area contributed by atoms with Crippen LogP contribution in [0.25, 0.3) is 6.08 Å². The van der Waals surface area contributed by atoms with Gasteiger partial charge in [-0.15, -0.1) is 0 Å². The van der Waals surface area contributed by atoms with E-state index in [1.807, 2.05) is 43.3 Å². The third-order valence-electron chi connectivity index (χ3n) is 3.27. The minimum absolute atomic E-state index is 0.00571. The third-order valence-corrected chi connectivity index (χ3v) is 4.01. The first kappa shape index (κ1) is 17.1. The van der Waals surface area contributed by atoms with Crippen LogP contribution in [0.4, 0.5) is 0 Å². The molecule has 1 atom stereocenters. The zero-order chi connectivity index (χ0) is 16.8. The lowest BCUT2D eigenvalue weighted by molar-refractivity contribution is -0.117. The van der Waals surface area contributed by atoms with Crippen molar-refractivity contribution >= 4 is 35.2 Å². The second-order valence-electron chi connectivity index (χ2n) is 4.95. The van der Waals surface area contributed by atoms with E-state index in [9.17, 15) is 10.1 Å². The van der Waals surface area contributed by atoms with E-state index in [-0.39, 0.29) is 11.6 Å². The van der Waals surface area contributed by atoms with Crippen molar-refractivity contribution in [2.24, 2.45) is 0 Å². The van der Waals surface area contributed by atoms with Gasteiger partial charge in [0, 0.05) is 0 Å². The largest absolute Gasteiger partial charge is 0.345 e. The first-order valence-corrected chi connectivity index (χ1v) is 7.69. The van der Waals surface area contributed by atoms with Crippen molar-refractivity contribution in [2.45, 2.75) is 13.0 Å². The van der Waals surface area contributed by atoms with Gasteiger partial charge in [0.05, 0.1) is 16.1 Å². The van der Waals surface area contributed by atoms with Crippen LogP contribution in [-0.2, 0) is 4.79 Å². The molecule has 1 amide bonds. The number of nitrogens with one attached hydrogen (secondary N) is 1. The summed E-state index contributed by atoms with van der Waals surface area (Å²) in [5, 5.41) is 12.8. The van der Waals surface area contributed by atoms with Gasteiger partial charge in [-0.2, -0.15) is 5.26 Å². The number of halogens is 2. The molecule has 2 aromatic rings. The summed E-state index contributed by atoms with van der Waals surface area (Å²) in [5.41, 5.74) is 1.61. The lowest BCUT2D eigenvalue weighted by Crippen LogP contribution is -2.27. The van der Waals surface area contributed by atoms with Gasteiger partial charge in [-0.05, 0) is 36.3 Å². The molecule has 0 bridgehead atoms. The second-order valence-corrected chi connectivity index (χ2v) is 5.76. The van der Waals surface area contributed by atoms with Crippen molar-refractivity contribution in [2.75, 3.05) is 0 Å². The van der Waals surface area contributed by atoms with E-state index in [1.54, 1.807) is 18.2 Å². The maximum absolute atomic E-state index is 12.3. The minimum atomic E-state index is -0.435. The van der Waals surface area contributed by atoms with E-state index in [1.165, 1.54) is 6.08 Å². The van der Waals surface area contributed by atoms with Gasteiger partial charge in [-0.3, -0.25) is 4.79 Å². The highest BCUT2D eigenvalue weighted by molar-refractivity contribution is 6.42. The number of carbonyl (C=O) groups excluding carboxylic acids is 1. The molecule has 0 fully saturated rings. The summed E-state index contributed by atoms with van der Waals surface area (Å²) in [6.45, 7) is 1.86. The fraction of sp³-hybridized carbons (Fsp3) is 0.111. The Labute approximate surface area is 145 Å². The van der Waals surface area contributed by atoms with Crippen LogP contribution in [0, 0.1) is 11.3 Å². The van der Waals surface area contributed by atoms with E-state index in [0.29, 0.717) is 15.6 Å². The Kier molecular flexibility index (Phi) is 5.81. The van der Waals surface area contributed by atoms with Crippen molar-refractivity contribution in [1.29, 1.82) is 5.26 Å². The molecule has 116 valence electrons. The molecule has 1 N–H and O–H groups in total. The predicted molar refractivity (Wildman–Crippen MR) is 93.1 cm³/mol. The van der Waals surface area contributed by atoms with Crippen LogP contribution in [0.5, 0.6) is 0 Å². The highest BCUT2D eigenvalue weighted by Gasteiger charge is 2.13. The summed E-state index contributed by atoms with van der Waals surface area (Å²) in [7, 11) is 0. The average molecular weight is 345 g/mol. The highest BCUT2D eigenvalue weighted by Crippen LogP contribution is 2.23. The van der Waals surface area contributed by atoms with Crippen LogP contribution in [0.2, 0.25) is 10.0 Å². The zero-order valence-corrected chi connectivity index (χ0v) is 13.9. The fourth-order valence-electron chi connectivity index (χ4n) is 2.02. The molecule has 0 aliphatic heterocycles. The molecule has 0 saturated heterocycles. The number of rotatable bonds is 4. The molecule has 0 aliphatic carbocycles. The number of hydrogen-bond acceptors (Lipinski definition) is 2. The maximum atomic E-state index is 12.3. The standard InChI is InChI=1S/C18H14Cl2N2O/c1-12(14-5-3-2-4-6-14)22-18(23)15(11-21)9-13-7-8-16(19)17(20)10-13/h2-10,12H,1H3,(H,22,23)/b15-9-/t12-/m0/s1. The Hall–Kier alpha value is -2.28. The normalized spacial score (nSPS) is 12.3. The molecule has 0 radical (unpaired) electrons. The fourth-order valence-corrected chi connectivity index (χ4v) is 2.32. The van der Waals surface area contributed by atoms with Gasteiger partial charge in [0.2, 0.25) is 0 Å². The van der Waals surface area contributed by atoms with Crippen LogP contribution in [0.1, 0.15) is 24.1 Å². The van der Waals surface area contributed by atoms with Crippen LogP contribution >= 0.6 is 23.2 Å². The molecule has 2 aromatic carbocycles. The lowest BCUT2D eigenvalue weighted by Gasteiger charge is -2.13. The van der Waals surface area contributed by atoms with Crippen molar-refractivity contribution in [3.05, 3.63) is 75.3 Å². The molecule has 0 heterocycles. The molecular formula is C18H14Cl2N2O. The molecule has 3 nitrogen and oxygen atoms in total. The quantitative estimate of drug-likeness (QED) is 0.641. The van der Waals surface area contributed by atoms with Gasteiger partial charge in [0.1, 0.15) is 11.6 Å². The summed E-state index contributed by atoms with van der Waals surface area (Å²) in [6.07, 6.45) is 1.48. The average Bonchev–Trinajstić information content (AvgIpc) is 2.56. The monoisotopic (exact) mass is 344 g/mol. The van der Waals surface area contributed by atoms with Crippen LogP contribution in [-0.4, -0.2) is 5.91 Å². The van der Waals surface area contributed by atoms with Gasteiger partial charge >= 0.3 is 0 Å². The van der Waals surface area contributed by atoms with Crippen molar-refractivity contribution in [3.63, 3.8) is 0 Å². The zero-order valence-electron chi connectivity index (χ0n) is 12.4. The number of hydrogen-bond donors (Lipinski definition) is 1. The summed E-state index contributed by atoms with van der Waals surface area (Å²) in [4.78, 5) is 12.3. The Morgan fingerprint density at radius 1 is 1.17 bits per heavy atom. The Morgan fingerprint density at radius 2 is 1.87 bits per heavy atom. The molecule has 0 unspecified atom stereocenters. The smallest absolute Gasteiger partial charge is 0.262 e. The Balaban J connectivity index is 2.17. The summed E-state index contributed by atoms with van der Waals surface area (Å²) in [6, 6.07) is 16.2. The first-order valence-electron chi connectivity index (χ1n) is 6.94. The van der Waals surface area contributed by atoms with E-state index < -0.39 is 5.91 Å². The van der Waals surface area contributed by atoms with Gasteiger partial charge in [0.15, 0.2) is 0 Å². The van der Waals surface area contributed by atoms with Crippen molar-refractivity contribution in [1.82, 2.24) is 5.32 Å². The third kappa shape index (κ3) is 4.59. The van der Waals surface area contributed by atoms with Crippen LogP contribution < -0.4 is 5.32 Å². The van der Waals surface area contributed by atoms with Gasteiger partial charge in [-0.25, -0.2) is 0 Å². The van der Waals surface area contributed by atoms with Crippen LogP contribution in [0.15, 0.2) is 54.1 Å². The van der Waals surface area contributed by atoms with Gasteiger partial charge in [-0.1, -0.05) is 59.6 Å². The molecule has 23 heavy (non-hydrogen) atoms. The summed E-state index contributed by atoms with van der Waals surface area (Å²) >= 11 is 11.8. The summed E-state index contributed by atoms with van der Waals surface area (Å²) < 4.78 is 0. The van der Waals surface area contributed by atoms with E-state index in [4.69, 9.17) is 23.2 Å². The number of carbonyl (C=O) groups is 1. The van der Waals surface area contributed by atoms with E-state index >= 15 is 0 Å². The molecule has 0 aliphatic rings. The Bertz CT molecular complexity index is 779. The van der Waals surface area contributed by atoms with Crippen molar-refractivity contribution < 1.29 is 4.79 Å². The molecule has 0 spiro atoms. The number of nitriles is 1. The number of nitrogens with zero attached hydrogens (tertiary/aromatic N) is 1.